The fourth-order valence-electron chi connectivity index (χ4n) is 2.54. The van der Waals surface area contributed by atoms with E-state index in [1.54, 1.807) is 35.4 Å². The highest BCUT2D eigenvalue weighted by molar-refractivity contribution is 5.89. The van der Waals surface area contributed by atoms with E-state index in [2.05, 4.69) is 25.9 Å². The van der Waals surface area contributed by atoms with E-state index >= 15 is 0 Å². The van der Waals surface area contributed by atoms with Crippen molar-refractivity contribution in [1.29, 1.82) is 0 Å². The Balaban J connectivity index is 1.55. The SMILES string of the molecule is Cc1noc(C)c1CC(C)NC(=O)Nc1ccc(-n2cccn2)nc1. The van der Waals surface area contributed by atoms with Crippen molar-refractivity contribution in [3.05, 3.63) is 53.8 Å². The highest BCUT2D eigenvalue weighted by Crippen LogP contribution is 2.14. The van der Waals surface area contributed by atoms with Gasteiger partial charge in [0.15, 0.2) is 5.82 Å². The van der Waals surface area contributed by atoms with Crippen molar-refractivity contribution in [2.24, 2.45) is 0 Å². The molecule has 0 saturated heterocycles. The molecule has 2 N–H and O–H groups in total. The second-order valence-corrected chi connectivity index (χ2v) is 5.86. The number of hydrogen-bond donors (Lipinski definition) is 2. The Hall–Kier alpha value is -3.16. The van der Waals surface area contributed by atoms with Gasteiger partial charge in [-0.15, -0.1) is 0 Å². The van der Waals surface area contributed by atoms with Crippen LogP contribution in [-0.4, -0.2) is 32.0 Å². The summed E-state index contributed by atoms with van der Waals surface area (Å²) in [6.45, 7) is 5.70. The Morgan fingerprint density at radius 2 is 2.20 bits per heavy atom. The lowest BCUT2D eigenvalue weighted by Gasteiger charge is -2.14. The minimum absolute atomic E-state index is 0.0619. The molecular weight excluding hydrogens is 320 g/mol. The Bertz CT molecular complexity index is 819. The smallest absolute Gasteiger partial charge is 0.319 e. The molecule has 25 heavy (non-hydrogen) atoms. The van der Waals surface area contributed by atoms with E-state index in [9.17, 15) is 4.79 Å². The van der Waals surface area contributed by atoms with Crippen LogP contribution >= 0.6 is 0 Å². The molecule has 0 aromatic carbocycles. The van der Waals surface area contributed by atoms with Crippen LogP contribution in [0.5, 0.6) is 0 Å². The monoisotopic (exact) mass is 340 g/mol. The van der Waals surface area contributed by atoms with Crippen molar-refractivity contribution in [2.75, 3.05) is 5.32 Å². The van der Waals surface area contributed by atoms with Gasteiger partial charge in [0.2, 0.25) is 0 Å². The van der Waals surface area contributed by atoms with Gasteiger partial charge in [0, 0.05) is 24.0 Å². The van der Waals surface area contributed by atoms with Gasteiger partial charge in [0.1, 0.15) is 5.76 Å². The van der Waals surface area contributed by atoms with Crippen LogP contribution in [0.4, 0.5) is 10.5 Å². The topological polar surface area (TPSA) is 97.9 Å². The third kappa shape index (κ3) is 4.03. The average Bonchev–Trinajstić information content (AvgIpc) is 3.21. The van der Waals surface area contributed by atoms with E-state index in [1.807, 2.05) is 26.8 Å². The van der Waals surface area contributed by atoms with Gasteiger partial charge < -0.3 is 15.2 Å². The molecule has 8 heteroatoms. The largest absolute Gasteiger partial charge is 0.361 e. The van der Waals surface area contributed by atoms with Gasteiger partial charge in [-0.2, -0.15) is 5.10 Å². The number of carbonyl (C=O) groups is 1. The van der Waals surface area contributed by atoms with Crippen LogP contribution in [0.1, 0.15) is 23.9 Å². The van der Waals surface area contributed by atoms with E-state index in [-0.39, 0.29) is 12.1 Å². The Labute approximate surface area is 145 Å². The highest BCUT2D eigenvalue weighted by atomic mass is 16.5. The summed E-state index contributed by atoms with van der Waals surface area (Å²) in [5.41, 5.74) is 2.49. The zero-order valence-electron chi connectivity index (χ0n) is 14.4. The van der Waals surface area contributed by atoms with Crippen LogP contribution in [-0.2, 0) is 6.42 Å². The Morgan fingerprint density at radius 3 is 2.80 bits per heavy atom. The molecule has 0 radical (unpaired) electrons. The zero-order valence-corrected chi connectivity index (χ0v) is 14.4. The van der Waals surface area contributed by atoms with Gasteiger partial charge in [-0.25, -0.2) is 14.5 Å². The molecule has 8 nitrogen and oxygen atoms in total. The molecule has 0 aliphatic rings. The first-order valence-corrected chi connectivity index (χ1v) is 7.98. The molecule has 0 saturated carbocycles. The fourth-order valence-corrected chi connectivity index (χ4v) is 2.54. The zero-order chi connectivity index (χ0) is 17.8. The minimum Gasteiger partial charge on any atom is -0.361 e. The second kappa shape index (κ2) is 7.16. The number of nitrogens with one attached hydrogen (secondary N) is 2. The van der Waals surface area contributed by atoms with Gasteiger partial charge in [0.25, 0.3) is 0 Å². The summed E-state index contributed by atoms with van der Waals surface area (Å²) >= 11 is 0. The normalized spacial score (nSPS) is 12.0. The number of pyridine rings is 1. The number of carbonyl (C=O) groups excluding carboxylic acids is 1. The van der Waals surface area contributed by atoms with Gasteiger partial charge in [-0.05, 0) is 45.4 Å². The molecule has 130 valence electrons. The third-order valence-corrected chi connectivity index (χ3v) is 3.81. The van der Waals surface area contributed by atoms with Crippen molar-refractivity contribution in [1.82, 2.24) is 25.2 Å². The first-order chi connectivity index (χ1) is 12.0. The third-order valence-electron chi connectivity index (χ3n) is 3.81. The van der Waals surface area contributed by atoms with E-state index in [0.29, 0.717) is 17.9 Å². The quantitative estimate of drug-likeness (QED) is 0.744. The molecule has 1 atom stereocenters. The first-order valence-electron chi connectivity index (χ1n) is 7.98. The Morgan fingerprint density at radius 1 is 1.36 bits per heavy atom. The number of rotatable bonds is 5. The molecule has 0 fully saturated rings. The van der Waals surface area contributed by atoms with E-state index < -0.39 is 0 Å². The molecule has 0 spiro atoms. The first kappa shape index (κ1) is 16.7. The van der Waals surface area contributed by atoms with Crippen LogP contribution in [0, 0.1) is 13.8 Å². The molecule has 1 unspecified atom stereocenters. The van der Waals surface area contributed by atoms with Gasteiger partial charge in [-0.1, -0.05) is 5.16 Å². The summed E-state index contributed by atoms with van der Waals surface area (Å²) in [6, 6.07) is 5.04. The van der Waals surface area contributed by atoms with E-state index in [0.717, 1.165) is 17.0 Å². The molecular formula is C17H20N6O2. The number of aryl methyl sites for hydroxylation is 2. The average molecular weight is 340 g/mol. The molecule has 3 aromatic heterocycles. The van der Waals surface area contributed by atoms with E-state index in [1.165, 1.54) is 0 Å². The molecule has 3 rings (SSSR count). The van der Waals surface area contributed by atoms with Crippen LogP contribution < -0.4 is 10.6 Å². The fraction of sp³-hybridized carbons (Fsp3) is 0.294. The summed E-state index contributed by atoms with van der Waals surface area (Å²) in [5, 5.41) is 13.7. The number of urea groups is 1. The second-order valence-electron chi connectivity index (χ2n) is 5.86. The summed E-state index contributed by atoms with van der Waals surface area (Å²) in [5.74, 6) is 1.47. The van der Waals surface area contributed by atoms with Crippen molar-refractivity contribution in [3.8, 4) is 5.82 Å². The van der Waals surface area contributed by atoms with Gasteiger partial charge in [0.05, 0.1) is 17.6 Å². The maximum Gasteiger partial charge on any atom is 0.319 e. The summed E-state index contributed by atoms with van der Waals surface area (Å²) < 4.78 is 6.79. The lowest BCUT2D eigenvalue weighted by Crippen LogP contribution is -2.37. The maximum atomic E-state index is 12.1. The van der Waals surface area contributed by atoms with Crippen LogP contribution in [0.2, 0.25) is 0 Å². The maximum absolute atomic E-state index is 12.1. The number of hydrogen-bond acceptors (Lipinski definition) is 5. The number of anilines is 1. The summed E-state index contributed by atoms with van der Waals surface area (Å²) in [7, 11) is 0. The van der Waals surface area contributed by atoms with Crippen LogP contribution in [0.3, 0.4) is 0 Å². The lowest BCUT2D eigenvalue weighted by molar-refractivity contribution is 0.249. The lowest BCUT2D eigenvalue weighted by atomic mass is 10.1. The summed E-state index contributed by atoms with van der Waals surface area (Å²) in [4.78, 5) is 16.4. The molecule has 0 aliphatic heterocycles. The van der Waals surface area contributed by atoms with Crippen molar-refractivity contribution in [2.45, 2.75) is 33.2 Å². The molecule has 2 amide bonds. The number of nitrogens with zero attached hydrogens (tertiary/aromatic N) is 4. The van der Waals surface area contributed by atoms with Crippen molar-refractivity contribution in [3.63, 3.8) is 0 Å². The molecule has 0 aliphatic carbocycles. The van der Waals surface area contributed by atoms with E-state index in [4.69, 9.17) is 4.52 Å². The number of amides is 2. The van der Waals surface area contributed by atoms with Crippen LogP contribution in [0.25, 0.3) is 5.82 Å². The van der Waals surface area contributed by atoms with Crippen molar-refractivity contribution < 1.29 is 9.32 Å². The standard InChI is InChI=1S/C17H20N6O2/c1-11(9-15-12(2)22-25-13(15)3)20-17(24)21-14-5-6-16(18-10-14)23-8-4-7-19-23/h4-8,10-11H,9H2,1-3H3,(H2,20,21,24). The van der Waals surface area contributed by atoms with Gasteiger partial charge in [-0.3, -0.25) is 0 Å². The number of aromatic nitrogens is 4. The highest BCUT2D eigenvalue weighted by Gasteiger charge is 2.14. The predicted octanol–water partition coefficient (Wildman–Crippen LogP) is 2.62. The summed E-state index contributed by atoms with van der Waals surface area (Å²) in [6.07, 6.45) is 5.74. The molecule has 3 aromatic rings. The minimum atomic E-state index is -0.284. The van der Waals surface area contributed by atoms with Gasteiger partial charge >= 0.3 is 6.03 Å². The predicted molar refractivity (Wildman–Crippen MR) is 92.7 cm³/mol. The molecule has 3 heterocycles. The Kier molecular flexibility index (Phi) is 4.78. The van der Waals surface area contributed by atoms with Crippen LogP contribution in [0.15, 0.2) is 41.3 Å². The van der Waals surface area contributed by atoms with Crippen molar-refractivity contribution >= 4 is 11.7 Å². The molecule has 0 bridgehead atoms.